The van der Waals surface area contributed by atoms with Crippen LogP contribution in [0.2, 0.25) is 0 Å². The lowest BCUT2D eigenvalue weighted by Crippen LogP contribution is -2.65. The molecule has 0 spiro atoms. The average molecular weight is 169 g/mol. The van der Waals surface area contributed by atoms with Gasteiger partial charge in [-0.25, -0.2) is 0 Å². The van der Waals surface area contributed by atoms with Crippen LogP contribution in [-0.4, -0.2) is 22.7 Å². The summed E-state index contributed by atoms with van der Waals surface area (Å²) in [6, 6.07) is 0.0648. The number of nitrogens with one attached hydrogen (secondary N) is 1. The number of carbonyl (C=O) groups is 1. The first-order chi connectivity index (χ1) is 5.46. The second-order valence-corrected chi connectivity index (χ2v) is 3.77. The van der Waals surface area contributed by atoms with Crippen molar-refractivity contribution in [1.82, 2.24) is 5.32 Å². The van der Waals surface area contributed by atoms with Crippen LogP contribution in [-0.2, 0) is 4.79 Å². The zero-order valence-electron chi connectivity index (χ0n) is 7.50. The van der Waals surface area contributed by atoms with Crippen LogP contribution in [0.15, 0.2) is 12.7 Å². The zero-order chi connectivity index (χ0) is 9.35. The Hall–Kier alpha value is -0.830. The van der Waals surface area contributed by atoms with Crippen LogP contribution in [0.1, 0.15) is 20.3 Å². The molecule has 3 nitrogen and oxygen atoms in total. The normalized spacial score (nSPS) is 29.1. The van der Waals surface area contributed by atoms with Gasteiger partial charge in [0.2, 0.25) is 5.91 Å². The van der Waals surface area contributed by atoms with Crippen LogP contribution in [0.4, 0.5) is 0 Å². The minimum Gasteiger partial charge on any atom is -0.390 e. The molecule has 3 heteroatoms. The molecule has 2 N–H and O–H groups in total. The third-order valence-electron chi connectivity index (χ3n) is 2.19. The van der Waals surface area contributed by atoms with Gasteiger partial charge in [-0.15, -0.1) is 6.58 Å². The molecule has 1 heterocycles. The Morgan fingerprint density at radius 3 is 2.67 bits per heavy atom. The van der Waals surface area contributed by atoms with E-state index in [0.29, 0.717) is 0 Å². The molecule has 0 aliphatic carbocycles. The molecule has 1 amide bonds. The maximum atomic E-state index is 11.1. The van der Waals surface area contributed by atoms with Crippen molar-refractivity contribution in [2.24, 2.45) is 5.92 Å². The first-order valence-electron chi connectivity index (χ1n) is 4.10. The quantitative estimate of drug-likeness (QED) is 0.476. The fraction of sp³-hybridized carbons (Fsp3) is 0.667. The van der Waals surface area contributed by atoms with E-state index in [1.54, 1.807) is 19.9 Å². The number of β-lactam (4-membered cyclic amide) rings is 1. The van der Waals surface area contributed by atoms with Crippen LogP contribution in [0.25, 0.3) is 0 Å². The highest BCUT2D eigenvalue weighted by atomic mass is 16.3. The number of hydrogen-bond donors (Lipinski definition) is 2. The minimum atomic E-state index is -0.921. The molecule has 0 unspecified atom stereocenters. The number of amides is 1. The second kappa shape index (κ2) is 2.90. The summed E-state index contributed by atoms with van der Waals surface area (Å²) in [4.78, 5) is 11.1. The Labute approximate surface area is 72.5 Å². The van der Waals surface area contributed by atoms with E-state index in [1.165, 1.54) is 0 Å². The summed E-state index contributed by atoms with van der Waals surface area (Å²) in [5.41, 5.74) is -0.921. The molecule has 12 heavy (non-hydrogen) atoms. The molecule has 1 saturated heterocycles. The Kier molecular flexibility index (Phi) is 2.24. The van der Waals surface area contributed by atoms with Gasteiger partial charge in [-0.3, -0.25) is 4.79 Å². The van der Waals surface area contributed by atoms with E-state index >= 15 is 0 Å². The van der Waals surface area contributed by atoms with E-state index in [1.807, 2.05) is 0 Å². The number of aliphatic hydroxyl groups is 1. The van der Waals surface area contributed by atoms with Crippen LogP contribution in [0.3, 0.4) is 0 Å². The zero-order valence-corrected chi connectivity index (χ0v) is 7.50. The maximum absolute atomic E-state index is 11.1. The maximum Gasteiger partial charge on any atom is 0.228 e. The van der Waals surface area contributed by atoms with Gasteiger partial charge in [0.15, 0.2) is 0 Å². The van der Waals surface area contributed by atoms with Crippen LogP contribution >= 0.6 is 0 Å². The highest BCUT2D eigenvalue weighted by molar-refractivity contribution is 5.87. The molecule has 0 aromatic heterocycles. The molecule has 1 fully saturated rings. The predicted molar refractivity (Wildman–Crippen MR) is 46.5 cm³/mol. The summed E-state index contributed by atoms with van der Waals surface area (Å²) in [7, 11) is 0. The van der Waals surface area contributed by atoms with Crippen molar-refractivity contribution in [3.05, 3.63) is 12.7 Å². The molecule has 68 valence electrons. The topological polar surface area (TPSA) is 49.3 Å². The van der Waals surface area contributed by atoms with Gasteiger partial charge >= 0.3 is 0 Å². The SMILES string of the molecule is C=CC[C@H]1NC(=O)[C@@H]1C(C)(C)O. The van der Waals surface area contributed by atoms with Crippen molar-refractivity contribution in [3.8, 4) is 0 Å². The number of hydrogen-bond acceptors (Lipinski definition) is 2. The van der Waals surface area contributed by atoms with Crippen LogP contribution in [0, 0.1) is 5.92 Å². The van der Waals surface area contributed by atoms with Crippen molar-refractivity contribution < 1.29 is 9.90 Å². The van der Waals surface area contributed by atoms with E-state index < -0.39 is 5.60 Å². The summed E-state index contributed by atoms with van der Waals surface area (Å²) in [5, 5.41) is 12.3. The van der Waals surface area contributed by atoms with E-state index in [0.717, 1.165) is 6.42 Å². The fourth-order valence-corrected chi connectivity index (χ4v) is 1.63. The summed E-state index contributed by atoms with van der Waals surface area (Å²) >= 11 is 0. The molecule has 0 saturated carbocycles. The van der Waals surface area contributed by atoms with Gasteiger partial charge in [-0.2, -0.15) is 0 Å². The van der Waals surface area contributed by atoms with Gasteiger partial charge in [0, 0.05) is 6.04 Å². The fourth-order valence-electron chi connectivity index (χ4n) is 1.63. The molecule has 0 aromatic rings. The lowest BCUT2D eigenvalue weighted by molar-refractivity contribution is -0.147. The van der Waals surface area contributed by atoms with Crippen molar-refractivity contribution in [2.75, 3.05) is 0 Å². The highest BCUT2D eigenvalue weighted by Crippen LogP contribution is 2.29. The Balaban J connectivity index is 2.61. The number of rotatable bonds is 3. The smallest absolute Gasteiger partial charge is 0.228 e. The van der Waals surface area contributed by atoms with E-state index in [2.05, 4.69) is 11.9 Å². The summed E-state index contributed by atoms with van der Waals surface area (Å²) in [6.07, 6.45) is 2.48. The molecule has 0 aromatic carbocycles. The van der Waals surface area contributed by atoms with Gasteiger partial charge < -0.3 is 10.4 Å². The van der Waals surface area contributed by atoms with Crippen LogP contribution in [0.5, 0.6) is 0 Å². The standard InChI is InChI=1S/C9H15NO2/c1-4-5-6-7(8(11)10-6)9(2,3)12/h4,6-7,12H,1,5H2,2-3H3,(H,10,11)/t6-,7-/m1/s1. The van der Waals surface area contributed by atoms with Crippen molar-refractivity contribution in [2.45, 2.75) is 31.9 Å². The molecule has 1 aliphatic heterocycles. The lowest BCUT2D eigenvalue weighted by atomic mass is 9.77. The molecular weight excluding hydrogens is 154 g/mol. The van der Waals surface area contributed by atoms with Crippen molar-refractivity contribution in [1.29, 1.82) is 0 Å². The Morgan fingerprint density at radius 2 is 2.33 bits per heavy atom. The van der Waals surface area contributed by atoms with Gasteiger partial charge in [0.1, 0.15) is 0 Å². The molecule has 1 rings (SSSR count). The summed E-state index contributed by atoms with van der Waals surface area (Å²) in [6.45, 7) is 6.91. The predicted octanol–water partition coefficient (Wildman–Crippen LogP) is 0.448. The molecule has 2 atom stereocenters. The highest BCUT2D eigenvalue weighted by Gasteiger charge is 2.47. The first kappa shape index (κ1) is 9.26. The van der Waals surface area contributed by atoms with Gasteiger partial charge in [-0.05, 0) is 20.3 Å². The number of carbonyl (C=O) groups excluding carboxylic acids is 1. The average Bonchev–Trinajstić information content (AvgIpc) is 1.82. The molecule has 0 radical (unpaired) electrons. The minimum absolute atomic E-state index is 0.0608. The van der Waals surface area contributed by atoms with Crippen molar-refractivity contribution >= 4 is 5.91 Å². The van der Waals surface area contributed by atoms with Crippen LogP contribution < -0.4 is 5.32 Å². The van der Waals surface area contributed by atoms with Crippen molar-refractivity contribution in [3.63, 3.8) is 0 Å². The third kappa shape index (κ3) is 1.50. The third-order valence-corrected chi connectivity index (χ3v) is 2.19. The van der Waals surface area contributed by atoms with E-state index in [-0.39, 0.29) is 17.9 Å². The second-order valence-electron chi connectivity index (χ2n) is 3.77. The first-order valence-corrected chi connectivity index (χ1v) is 4.10. The van der Waals surface area contributed by atoms with Gasteiger partial charge in [-0.1, -0.05) is 6.08 Å². The summed E-state index contributed by atoms with van der Waals surface area (Å²) < 4.78 is 0. The molecular formula is C9H15NO2. The monoisotopic (exact) mass is 169 g/mol. The van der Waals surface area contributed by atoms with E-state index in [4.69, 9.17) is 0 Å². The lowest BCUT2D eigenvalue weighted by Gasteiger charge is -2.43. The van der Waals surface area contributed by atoms with E-state index in [9.17, 15) is 9.90 Å². The van der Waals surface area contributed by atoms with Gasteiger partial charge in [0.05, 0.1) is 11.5 Å². The van der Waals surface area contributed by atoms with Gasteiger partial charge in [0.25, 0.3) is 0 Å². The Bertz CT molecular complexity index is 203. The largest absolute Gasteiger partial charge is 0.390 e. The summed E-state index contributed by atoms with van der Waals surface area (Å²) in [5.74, 6) is -0.343. The Morgan fingerprint density at radius 1 is 1.75 bits per heavy atom. The molecule has 1 aliphatic rings. The molecule has 0 bridgehead atoms.